The third kappa shape index (κ3) is 5.08. The van der Waals surface area contributed by atoms with E-state index in [4.69, 9.17) is 11.6 Å². The lowest BCUT2D eigenvalue weighted by Crippen LogP contribution is -2.30. The van der Waals surface area contributed by atoms with Crippen LogP contribution in [-0.2, 0) is 4.79 Å². The molecule has 0 aliphatic rings. The zero-order chi connectivity index (χ0) is 21.5. The van der Waals surface area contributed by atoms with Gasteiger partial charge in [-0.3, -0.25) is 4.79 Å². The number of halogens is 1. The van der Waals surface area contributed by atoms with Crippen molar-refractivity contribution in [2.45, 2.75) is 19.9 Å². The summed E-state index contributed by atoms with van der Waals surface area (Å²) < 4.78 is 0. The number of hydrogen-bond acceptors (Lipinski definition) is 3. The summed E-state index contributed by atoms with van der Waals surface area (Å²) in [6.07, 6.45) is 1.39. The van der Waals surface area contributed by atoms with E-state index in [1.54, 1.807) is 0 Å². The number of carbonyl (C=O) groups is 1. The van der Waals surface area contributed by atoms with E-state index in [-0.39, 0.29) is 11.6 Å². The lowest BCUT2D eigenvalue weighted by Gasteiger charge is -2.20. The molecule has 5 heteroatoms. The molecule has 3 aromatic carbocycles. The molecule has 0 fully saturated rings. The van der Waals surface area contributed by atoms with Gasteiger partial charge in [0.25, 0.3) is 5.91 Å². The summed E-state index contributed by atoms with van der Waals surface area (Å²) in [4.78, 5) is 12.9. The smallest absolute Gasteiger partial charge is 0.264 e. The SMILES string of the molecule is Cc1cc(C)c(N/C=C(/C#N)C(=O)NC(c2ccccc2)c2ccccc2)c(Cl)c1. The van der Waals surface area contributed by atoms with Gasteiger partial charge >= 0.3 is 0 Å². The Morgan fingerprint density at radius 1 is 1.00 bits per heavy atom. The Bertz CT molecular complexity index is 1040. The number of hydrogen-bond donors (Lipinski definition) is 2. The first-order chi connectivity index (χ1) is 14.5. The molecule has 3 rings (SSSR count). The Hall–Kier alpha value is -3.55. The van der Waals surface area contributed by atoms with Gasteiger partial charge in [0, 0.05) is 6.20 Å². The minimum atomic E-state index is -0.469. The topological polar surface area (TPSA) is 64.9 Å². The van der Waals surface area contributed by atoms with Crippen molar-refractivity contribution in [3.05, 3.63) is 112 Å². The van der Waals surface area contributed by atoms with Gasteiger partial charge in [-0.15, -0.1) is 0 Å². The minimum Gasteiger partial charge on any atom is -0.359 e. The van der Waals surface area contributed by atoms with Crippen molar-refractivity contribution < 1.29 is 4.79 Å². The molecule has 0 unspecified atom stereocenters. The molecule has 0 aromatic heterocycles. The van der Waals surface area contributed by atoms with E-state index in [1.165, 1.54) is 6.20 Å². The van der Waals surface area contributed by atoms with Crippen LogP contribution in [0, 0.1) is 25.2 Å². The molecule has 3 aromatic rings. The van der Waals surface area contributed by atoms with E-state index in [0.29, 0.717) is 10.7 Å². The number of rotatable bonds is 6. The Labute approximate surface area is 181 Å². The summed E-state index contributed by atoms with van der Waals surface area (Å²) in [5.41, 5.74) is 4.46. The van der Waals surface area contributed by atoms with Gasteiger partial charge in [-0.2, -0.15) is 5.26 Å². The molecule has 0 aliphatic carbocycles. The Morgan fingerprint density at radius 3 is 2.07 bits per heavy atom. The molecular formula is C25H22ClN3O. The standard InChI is InChI=1S/C25H22ClN3O/c1-17-13-18(2)23(22(26)14-17)28-16-21(15-27)25(30)29-24(19-9-5-3-6-10-19)20-11-7-4-8-12-20/h3-14,16,24,28H,1-2H3,(H,29,30)/b21-16-. The lowest BCUT2D eigenvalue weighted by molar-refractivity contribution is -0.117. The van der Waals surface area contributed by atoms with Crippen molar-refractivity contribution in [1.29, 1.82) is 5.26 Å². The molecule has 0 atom stereocenters. The highest BCUT2D eigenvalue weighted by atomic mass is 35.5. The molecular weight excluding hydrogens is 394 g/mol. The van der Waals surface area contributed by atoms with E-state index < -0.39 is 5.91 Å². The van der Waals surface area contributed by atoms with E-state index in [9.17, 15) is 10.1 Å². The fourth-order valence-electron chi connectivity index (χ4n) is 3.25. The average Bonchev–Trinajstić information content (AvgIpc) is 2.75. The van der Waals surface area contributed by atoms with Crippen LogP contribution in [0.4, 0.5) is 5.69 Å². The van der Waals surface area contributed by atoms with Gasteiger partial charge in [-0.05, 0) is 42.2 Å². The van der Waals surface area contributed by atoms with Gasteiger partial charge in [0.15, 0.2) is 0 Å². The Kier molecular flexibility index (Phi) is 6.90. The van der Waals surface area contributed by atoms with Crippen LogP contribution in [0.15, 0.2) is 84.6 Å². The zero-order valence-electron chi connectivity index (χ0n) is 16.8. The van der Waals surface area contributed by atoms with Crippen molar-refractivity contribution in [3.63, 3.8) is 0 Å². The molecule has 2 N–H and O–H groups in total. The quantitative estimate of drug-likeness (QED) is 0.402. The van der Waals surface area contributed by atoms with Crippen LogP contribution >= 0.6 is 11.6 Å². The van der Waals surface area contributed by atoms with Crippen molar-refractivity contribution in [1.82, 2.24) is 5.32 Å². The molecule has 30 heavy (non-hydrogen) atoms. The van der Waals surface area contributed by atoms with Gasteiger partial charge in [-0.25, -0.2) is 0 Å². The first kappa shape index (κ1) is 21.2. The van der Waals surface area contributed by atoms with Gasteiger partial charge < -0.3 is 10.6 Å². The van der Waals surface area contributed by atoms with E-state index in [2.05, 4.69) is 10.6 Å². The monoisotopic (exact) mass is 415 g/mol. The number of aryl methyl sites for hydroxylation is 2. The molecule has 0 saturated heterocycles. The van der Waals surface area contributed by atoms with Crippen molar-refractivity contribution in [2.75, 3.05) is 5.32 Å². The largest absolute Gasteiger partial charge is 0.359 e. The van der Waals surface area contributed by atoms with Gasteiger partial charge in [0.2, 0.25) is 0 Å². The summed E-state index contributed by atoms with van der Waals surface area (Å²) in [7, 11) is 0. The molecule has 0 heterocycles. The second-order valence-electron chi connectivity index (χ2n) is 6.98. The van der Waals surface area contributed by atoms with Crippen LogP contribution in [0.5, 0.6) is 0 Å². The van der Waals surface area contributed by atoms with Gasteiger partial charge in [0.1, 0.15) is 11.6 Å². The van der Waals surface area contributed by atoms with Crippen LogP contribution < -0.4 is 10.6 Å². The number of nitrogens with zero attached hydrogens (tertiary/aromatic N) is 1. The third-order valence-corrected chi connectivity index (χ3v) is 5.00. The van der Waals surface area contributed by atoms with Crippen molar-refractivity contribution in [2.24, 2.45) is 0 Å². The molecule has 0 spiro atoms. The highest BCUT2D eigenvalue weighted by molar-refractivity contribution is 6.33. The van der Waals surface area contributed by atoms with Crippen LogP contribution in [-0.4, -0.2) is 5.91 Å². The Morgan fingerprint density at radius 2 is 1.57 bits per heavy atom. The zero-order valence-corrected chi connectivity index (χ0v) is 17.6. The van der Waals surface area contributed by atoms with Crippen molar-refractivity contribution in [3.8, 4) is 6.07 Å². The predicted molar refractivity (Wildman–Crippen MR) is 121 cm³/mol. The van der Waals surface area contributed by atoms with Crippen LogP contribution in [0.1, 0.15) is 28.3 Å². The number of anilines is 1. The number of nitrogens with one attached hydrogen (secondary N) is 2. The molecule has 0 bridgehead atoms. The molecule has 4 nitrogen and oxygen atoms in total. The second kappa shape index (κ2) is 9.78. The maximum atomic E-state index is 12.9. The summed E-state index contributed by atoms with van der Waals surface area (Å²) in [6.45, 7) is 3.88. The fourth-order valence-corrected chi connectivity index (χ4v) is 3.63. The normalized spacial score (nSPS) is 11.1. The molecule has 150 valence electrons. The number of carbonyl (C=O) groups excluding carboxylic acids is 1. The van der Waals surface area contributed by atoms with Crippen LogP contribution in [0.25, 0.3) is 0 Å². The molecule has 0 radical (unpaired) electrons. The average molecular weight is 416 g/mol. The van der Waals surface area contributed by atoms with E-state index >= 15 is 0 Å². The van der Waals surface area contributed by atoms with Gasteiger partial charge in [0.05, 0.1) is 16.8 Å². The summed E-state index contributed by atoms with van der Waals surface area (Å²) in [6, 6.07) is 24.7. The highest BCUT2D eigenvalue weighted by Gasteiger charge is 2.19. The summed E-state index contributed by atoms with van der Waals surface area (Å²) in [5, 5.41) is 16.1. The summed E-state index contributed by atoms with van der Waals surface area (Å²) in [5.74, 6) is -0.469. The minimum absolute atomic E-state index is 0.0390. The first-order valence-electron chi connectivity index (χ1n) is 9.54. The predicted octanol–water partition coefficient (Wildman–Crippen LogP) is 5.68. The molecule has 0 saturated carbocycles. The maximum absolute atomic E-state index is 12.9. The third-order valence-electron chi connectivity index (χ3n) is 4.70. The van der Waals surface area contributed by atoms with Gasteiger partial charge in [-0.1, -0.05) is 78.3 Å². The second-order valence-corrected chi connectivity index (χ2v) is 7.39. The van der Waals surface area contributed by atoms with Crippen LogP contribution in [0.3, 0.4) is 0 Å². The number of benzene rings is 3. The first-order valence-corrected chi connectivity index (χ1v) is 9.91. The number of nitriles is 1. The number of amides is 1. The van der Waals surface area contributed by atoms with E-state index in [1.807, 2.05) is 92.7 Å². The Balaban J connectivity index is 1.86. The maximum Gasteiger partial charge on any atom is 0.264 e. The van der Waals surface area contributed by atoms with Crippen LogP contribution in [0.2, 0.25) is 5.02 Å². The van der Waals surface area contributed by atoms with E-state index in [0.717, 1.165) is 22.3 Å². The molecule has 1 amide bonds. The molecule has 0 aliphatic heterocycles. The van der Waals surface area contributed by atoms with Crippen molar-refractivity contribution >= 4 is 23.2 Å². The summed E-state index contributed by atoms with van der Waals surface area (Å²) >= 11 is 6.31. The fraction of sp³-hybridized carbons (Fsp3) is 0.120. The lowest BCUT2D eigenvalue weighted by atomic mass is 9.98. The highest BCUT2D eigenvalue weighted by Crippen LogP contribution is 2.27.